The largest absolute Gasteiger partial charge is 0.373 e. The number of hydrogen-bond donors (Lipinski definition) is 1. The van der Waals surface area contributed by atoms with Crippen molar-refractivity contribution in [1.29, 1.82) is 0 Å². The Hall–Kier alpha value is -3.67. The number of pyridine rings is 2. The van der Waals surface area contributed by atoms with Crippen LogP contribution in [0, 0.1) is 0 Å². The van der Waals surface area contributed by atoms with E-state index in [2.05, 4.69) is 62.1 Å². The van der Waals surface area contributed by atoms with Crippen LogP contribution in [0.2, 0.25) is 0 Å². The second kappa shape index (κ2) is 9.43. The molecule has 1 fully saturated rings. The standard InChI is InChI=1S/C14H14N4.C11H14N2/c1-15-14-6-12-5-10(3-4-11(12)7-17-14)13-8-16-9-18(13)2;1-2-10-5-6-12-11(9-10)13-7-3-4-8-13/h3-9H,1-2H3,(H,15,17);2,5-6,9H,1,3-4,7-8H2. The fourth-order valence-corrected chi connectivity index (χ4v) is 3.75. The van der Waals surface area contributed by atoms with E-state index in [4.69, 9.17) is 0 Å². The number of imidazole rings is 1. The van der Waals surface area contributed by atoms with Gasteiger partial charge < -0.3 is 14.8 Å². The van der Waals surface area contributed by atoms with E-state index in [1.54, 1.807) is 0 Å². The van der Waals surface area contributed by atoms with Crippen LogP contribution in [0.3, 0.4) is 0 Å². The van der Waals surface area contributed by atoms with E-state index in [0.717, 1.165) is 46.9 Å². The lowest BCUT2D eigenvalue weighted by Gasteiger charge is -2.16. The molecule has 1 aliphatic rings. The highest BCUT2D eigenvalue weighted by atomic mass is 15.2. The summed E-state index contributed by atoms with van der Waals surface area (Å²) in [5.41, 5.74) is 3.42. The van der Waals surface area contributed by atoms with Crippen molar-refractivity contribution in [3.8, 4) is 11.3 Å². The Labute approximate surface area is 183 Å². The number of nitrogens with zero attached hydrogens (tertiary/aromatic N) is 5. The Morgan fingerprint density at radius 3 is 2.55 bits per heavy atom. The molecule has 0 radical (unpaired) electrons. The molecule has 0 unspecified atom stereocenters. The van der Waals surface area contributed by atoms with Crippen molar-refractivity contribution in [2.75, 3.05) is 30.4 Å². The summed E-state index contributed by atoms with van der Waals surface area (Å²) in [7, 11) is 3.87. The Morgan fingerprint density at radius 1 is 1.00 bits per heavy atom. The molecule has 6 heteroatoms. The molecule has 0 aliphatic carbocycles. The van der Waals surface area contributed by atoms with Gasteiger partial charge in [-0.15, -0.1) is 0 Å². The van der Waals surface area contributed by atoms with Gasteiger partial charge in [0.2, 0.25) is 0 Å². The molecule has 4 aromatic rings. The van der Waals surface area contributed by atoms with Crippen LogP contribution in [-0.2, 0) is 7.05 Å². The van der Waals surface area contributed by atoms with Gasteiger partial charge in [-0.05, 0) is 48.1 Å². The van der Waals surface area contributed by atoms with E-state index in [-0.39, 0.29) is 0 Å². The summed E-state index contributed by atoms with van der Waals surface area (Å²) in [6.07, 6.45) is 11.9. The average Bonchev–Trinajstić information content (AvgIpc) is 3.51. The fourth-order valence-electron chi connectivity index (χ4n) is 3.75. The van der Waals surface area contributed by atoms with Crippen LogP contribution in [0.1, 0.15) is 18.4 Å². The van der Waals surface area contributed by atoms with Gasteiger partial charge in [0.05, 0.1) is 18.2 Å². The van der Waals surface area contributed by atoms with Gasteiger partial charge in [-0.3, -0.25) is 0 Å². The minimum Gasteiger partial charge on any atom is -0.373 e. The monoisotopic (exact) mass is 412 g/mol. The lowest BCUT2D eigenvalue weighted by atomic mass is 10.1. The minimum atomic E-state index is 0.879. The zero-order valence-electron chi connectivity index (χ0n) is 18.1. The van der Waals surface area contributed by atoms with Crippen molar-refractivity contribution < 1.29 is 0 Å². The molecule has 0 atom stereocenters. The molecular formula is C25H28N6. The normalized spacial score (nSPS) is 13.0. The first kappa shape index (κ1) is 20.6. The van der Waals surface area contributed by atoms with Gasteiger partial charge in [0, 0.05) is 50.5 Å². The topological polar surface area (TPSA) is 58.9 Å². The quantitative estimate of drug-likeness (QED) is 0.511. The highest BCUT2D eigenvalue weighted by molar-refractivity contribution is 5.88. The summed E-state index contributed by atoms with van der Waals surface area (Å²) < 4.78 is 2.02. The van der Waals surface area contributed by atoms with E-state index in [9.17, 15) is 0 Å². The number of benzene rings is 1. The highest BCUT2D eigenvalue weighted by Gasteiger charge is 2.12. The summed E-state index contributed by atoms with van der Waals surface area (Å²) in [5.74, 6) is 1.97. The molecule has 158 valence electrons. The zero-order chi connectivity index (χ0) is 21.6. The second-order valence-electron chi connectivity index (χ2n) is 7.62. The minimum absolute atomic E-state index is 0.879. The number of fused-ring (bicyclic) bond motifs is 1. The molecule has 5 rings (SSSR count). The first-order chi connectivity index (χ1) is 15.2. The summed E-state index contributed by atoms with van der Waals surface area (Å²) in [6, 6.07) is 12.5. The van der Waals surface area contributed by atoms with Crippen LogP contribution in [0.5, 0.6) is 0 Å². The summed E-state index contributed by atoms with van der Waals surface area (Å²) in [6.45, 7) is 6.05. The third-order valence-electron chi connectivity index (χ3n) is 5.53. The molecule has 4 heterocycles. The van der Waals surface area contributed by atoms with Gasteiger partial charge in [0.25, 0.3) is 0 Å². The molecule has 1 saturated heterocycles. The predicted molar refractivity (Wildman–Crippen MR) is 129 cm³/mol. The number of aryl methyl sites for hydroxylation is 1. The van der Waals surface area contributed by atoms with Crippen molar-refractivity contribution >= 4 is 28.5 Å². The SMILES string of the molecule is C=Cc1ccnc(N2CCCC2)c1.CNc1cc2cc(-c3cncn3C)ccc2cn1. The molecule has 0 amide bonds. The van der Waals surface area contributed by atoms with Crippen molar-refractivity contribution in [3.05, 3.63) is 73.5 Å². The second-order valence-corrected chi connectivity index (χ2v) is 7.62. The van der Waals surface area contributed by atoms with E-state index in [1.165, 1.54) is 18.2 Å². The third kappa shape index (κ3) is 4.74. The average molecular weight is 413 g/mol. The third-order valence-corrected chi connectivity index (χ3v) is 5.53. The van der Waals surface area contributed by atoms with Crippen LogP contribution in [-0.4, -0.2) is 39.7 Å². The molecule has 3 aromatic heterocycles. The van der Waals surface area contributed by atoms with E-state index in [0.29, 0.717) is 0 Å². The smallest absolute Gasteiger partial charge is 0.129 e. The summed E-state index contributed by atoms with van der Waals surface area (Å²) in [4.78, 5) is 15.1. The molecule has 6 nitrogen and oxygen atoms in total. The van der Waals surface area contributed by atoms with Crippen LogP contribution >= 0.6 is 0 Å². The Morgan fingerprint density at radius 2 is 1.84 bits per heavy atom. The lowest BCUT2D eigenvalue weighted by Crippen LogP contribution is -2.18. The van der Waals surface area contributed by atoms with Crippen LogP contribution in [0.25, 0.3) is 28.1 Å². The fraction of sp³-hybridized carbons (Fsp3) is 0.240. The number of hydrogen-bond acceptors (Lipinski definition) is 5. The van der Waals surface area contributed by atoms with E-state index >= 15 is 0 Å². The van der Waals surface area contributed by atoms with Crippen molar-refractivity contribution in [2.24, 2.45) is 7.05 Å². The Bertz CT molecular complexity index is 1170. The van der Waals surface area contributed by atoms with Gasteiger partial charge in [-0.2, -0.15) is 0 Å². The lowest BCUT2D eigenvalue weighted by molar-refractivity contribution is 0.921. The number of anilines is 2. The van der Waals surface area contributed by atoms with E-state index in [1.807, 2.05) is 55.7 Å². The molecular weight excluding hydrogens is 384 g/mol. The summed E-state index contributed by atoms with van der Waals surface area (Å²) in [5, 5.41) is 5.37. The predicted octanol–water partition coefficient (Wildman–Crippen LogP) is 5.00. The van der Waals surface area contributed by atoms with Crippen molar-refractivity contribution in [2.45, 2.75) is 12.8 Å². The molecule has 0 bridgehead atoms. The molecule has 1 aromatic carbocycles. The molecule has 0 saturated carbocycles. The van der Waals surface area contributed by atoms with Gasteiger partial charge in [-0.25, -0.2) is 15.0 Å². The maximum Gasteiger partial charge on any atom is 0.129 e. The first-order valence-corrected chi connectivity index (χ1v) is 10.6. The molecule has 1 N–H and O–H groups in total. The van der Waals surface area contributed by atoms with Gasteiger partial charge in [0.15, 0.2) is 0 Å². The molecule has 31 heavy (non-hydrogen) atoms. The van der Waals surface area contributed by atoms with Crippen LogP contribution in [0.4, 0.5) is 11.6 Å². The highest BCUT2D eigenvalue weighted by Crippen LogP contribution is 2.24. The van der Waals surface area contributed by atoms with Crippen LogP contribution < -0.4 is 10.2 Å². The maximum atomic E-state index is 4.35. The van der Waals surface area contributed by atoms with Gasteiger partial charge in [-0.1, -0.05) is 24.8 Å². The van der Waals surface area contributed by atoms with Crippen molar-refractivity contribution in [1.82, 2.24) is 19.5 Å². The van der Waals surface area contributed by atoms with Crippen molar-refractivity contribution in [3.63, 3.8) is 0 Å². The number of nitrogens with one attached hydrogen (secondary N) is 1. The van der Waals surface area contributed by atoms with E-state index < -0.39 is 0 Å². The number of aromatic nitrogens is 4. The first-order valence-electron chi connectivity index (χ1n) is 10.6. The Kier molecular flexibility index (Phi) is 6.26. The summed E-state index contributed by atoms with van der Waals surface area (Å²) >= 11 is 0. The van der Waals surface area contributed by atoms with Gasteiger partial charge in [0.1, 0.15) is 11.6 Å². The maximum absolute atomic E-state index is 4.35. The van der Waals surface area contributed by atoms with Crippen LogP contribution in [0.15, 0.2) is 67.9 Å². The molecule has 1 aliphatic heterocycles. The molecule has 0 spiro atoms. The van der Waals surface area contributed by atoms with Gasteiger partial charge >= 0.3 is 0 Å². The Balaban J connectivity index is 0.000000158. The zero-order valence-corrected chi connectivity index (χ0v) is 18.1. The number of rotatable bonds is 4.